The molecular formula is C16H16BrF2NO. The molecule has 2 aromatic carbocycles. The van der Waals surface area contributed by atoms with E-state index in [2.05, 4.69) is 21.2 Å². The third-order valence-electron chi connectivity index (χ3n) is 3.37. The third kappa shape index (κ3) is 3.24. The predicted molar refractivity (Wildman–Crippen MR) is 82.7 cm³/mol. The first kappa shape index (κ1) is 15.9. The van der Waals surface area contributed by atoms with E-state index in [1.54, 1.807) is 26.3 Å². The zero-order chi connectivity index (χ0) is 15.6. The zero-order valence-corrected chi connectivity index (χ0v) is 13.6. The van der Waals surface area contributed by atoms with Gasteiger partial charge in [0.2, 0.25) is 0 Å². The van der Waals surface area contributed by atoms with Crippen LogP contribution in [0.2, 0.25) is 0 Å². The maximum atomic E-state index is 14.1. The number of hydrogen-bond donors (Lipinski definition) is 1. The molecule has 0 aromatic heterocycles. The van der Waals surface area contributed by atoms with Crippen LogP contribution in [0.5, 0.6) is 5.75 Å². The fourth-order valence-electron chi connectivity index (χ4n) is 2.39. The zero-order valence-electron chi connectivity index (χ0n) is 12.0. The summed E-state index contributed by atoms with van der Waals surface area (Å²) in [5, 5.41) is 2.96. The lowest BCUT2D eigenvalue weighted by Crippen LogP contribution is -2.20. The topological polar surface area (TPSA) is 21.3 Å². The Bertz CT molecular complexity index is 638. The number of benzene rings is 2. The number of ether oxygens (including phenoxy) is 1. The van der Waals surface area contributed by atoms with Gasteiger partial charge in [0.15, 0.2) is 0 Å². The van der Waals surface area contributed by atoms with E-state index in [9.17, 15) is 8.78 Å². The Balaban J connectivity index is 2.52. The summed E-state index contributed by atoms with van der Waals surface area (Å²) in [5.41, 5.74) is 1.69. The lowest BCUT2D eigenvalue weighted by atomic mass is 9.96. The highest BCUT2D eigenvalue weighted by Gasteiger charge is 2.21. The van der Waals surface area contributed by atoms with Crippen LogP contribution in [0.4, 0.5) is 8.78 Å². The van der Waals surface area contributed by atoms with E-state index in [0.29, 0.717) is 4.47 Å². The van der Waals surface area contributed by atoms with E-state index >= 15 is 0 Å². The first-order valence-electron chi connectivity index (χ1n) is 6.44. The van der Waals surface area contributed by atoms with Crippen molar-refractivity contribution in [3.8, 4) is 5.75 Å². The predicted octanol–water partition coefficient (Wildman–Crippen LogP) is 4.35. The van der Waals surface area contributed by atoms with Gasteiger partial charge in [0, 0.05) is 10.0 Å². The van der Waals surface area contributed by atoms with Gasteiger partial charge in [-0.3, -0.25) is 0 Å². The van der Waals surface area contributed by atoms with Crippen molar-refractivity contribution in [2.75, 3.05) is 14.2 Å². The quantitative estimate of drug-likeness (QED) is 0.879. The summed E-state index contributed by atoms with van der Waals surface area (Å²) in [6.07, 6.45) is 0. The van der Waals surface area contributed by atoms with Crippen LogP contribution in [0.3, 0.4) is 0 Å². The second-order valence-corrected chi connectivity index (χ2v) is 5.65. The molecule has 0 bridgehead atoms. The molecule has 1 N–H and O–H groups in total. The van der Waals surface area contributed by atoms with Crippen molar-refractivity contribution in [1.82, 2.24) is 5.32 Å². The number of aryl methyl sites for hydroxylation is 1. The van der Waals surface area contributed by atoms with Gasteiger partial charge in [-0.15, -0.1) is 0 Å². The Kier molecular flexibility index (Phi) is 4.96. The van der Waals surface area contributed by atoms with Gasteiger partial charge in [0.05, 0.1) is 13.2 Å². The van der Waals surface area contributed by atoms with E-state index in [-0.39, 0.29) is 5.56 Å². The molecule has 0 spiro atoms. The summed E-state index contributed by atoms with van der Waals surface area (Å²) < 4.78 is 33.9. The molecule has 0 aliphatic rings. The summed E-state index contributed by atoms with van der Waals surface area (Å²) in [6, 6.07) is 7.42. The molecule has 2 aromatic rings. The average molecular weight is 356 g/mol. The maximum absolute atomic E-state index is 14.1. The molecule has 1 atom stereocenters. The second kappa shape index (κ2) is 6.54. The van der Waals surface area contributed by atoms with Gasteiger partial charge < -0.3 is 10.1 Å². The van der Waals surface area contributed by atoms with Crippen molar-refractivity contribution in [3.63, 3.8) is 0 Å². The highest BCUT2D eigenvalue weighted by atomic mass is 79.9. The highest BCUT2D eigenvalue weighted by Crippen LogP contribution is 2.31. The van der Waals surface area contributed by atoms with E-state index in [0.717, 1.165) is 16.9 Å². The molecule has 0 fully saturated rings. The van der Waals surface area contributed by atoms with Gasteiger partial charge in [0.25, 0.3) is 0 Å². The van der Waals surface area contributed by atoms with E-state index < -0.39 is 17.7 Å². The largest absolute Gasteiger partial charge is 0.496 e. The lowest BCUT2D eigenvalue weighted by Gasteiger charge is -2.20. The molecule has 0 saturated carbocycles. The molecule has 0 radical (unpaired) electrons. The van der Waals surface area contributed by atoms with E-state index in [4.69, 9.17) is 4.74 Å². The third-order valence-corrected chi connectivity index (χ3v) is 3.83. The highest BCUT2D eigenvalue weighted by molar-refractivity contribution is 9.10. The van der Waals surface area contributed by atoms with Crippen molar-refractivity contribution < 1.29 is 13.5 Å². The number of nitrogens with one attached hydrogen (secondary N) is 1. The van der Waals surface area contributed by atoms with Crippen molar-refractivity contribution in [1.29, 1.82) is 0 Å². The Labute approximate surface area is 131 Å². The number of halogens is 3. The van der Waals surface area contributed by atoms with Gasteiger partial charge in [-0.2, -0.15) is 0 Å². The first-order valence-corrected chi connectivity index (χ1v) is 7.23. The molecule has 0 amide bonds. The number of rotatable bonds is 4. The lowest BCUT2D eigenvalue weighted by molar-refractivity contribution is 0.411. The van der Waals surface area contributed by atoms with E-state index in [1.165, 1.54) is 12.1 Å². The van der Waals surface area contributed by atoms with Crippen molar-refractivity contribution in [2.45, 2.75) is 13.0 Å². The van der Waals surface area contributed by atoms with Gasteiger partial charge in [-0.1, -0.05) is 28.1 Å². The smallest absolute Gasteiger partial charge is 0.132 e. The van der Waals surface area contributed by atoms with Crippen molar-refractivity contribution in [2.24, 2.45) is 0 Å². The van der Waals surface area contributed by atoms with Crippen LogP contribution >= 0.6 is 15.9 Å². The van der Waals surface area contributed by atoms with Gasteiger partial charge in [-0.05, 0) is 43.3 Å². The van der Waals surface area contributed by atoms with Crippen LogP contribution in [0.1, 0.15) is 22.7 Å². The summed E-state index contributed by atoms with van der Waals surface area (Å²) in [4.78, 5) is 0. The minimum absolute atomic E-state index is 0.00488. The fraction of sp³-hybridized carbons (Fsp3) is 0.250. The molecule has 1 unspecified atom stereocenters. The minimum Gasteiger partial charge on any atom is -0.496 e. The molecule has 2 nitrogen and oxygen atoms in total. The molecule has 0 aliphatic heterocycles. The first-order chi connectivity index (χ1) is 9.97. The van der Waals surface area contributed by atoms with Crippen LogP contribution in [0, 0.1) is 18.6 Å². The van der Waals surface area contributed by atoms with Crippen LogP contribution in [0.15, 0.2) is 34.8 Å². The molecule has 0 aliphatic carbocycles. The number of hydrogen-bond acceptors (Lipinski definition) is 2. The van der Waals surface area contributed by atoms with Crippen LogP contribution in [-0.2, 0) is 0 Å². The summed E-state index contributed by atoms with van der Waals surface area (Å²) in [5.74, 6) is -0.435. The van der Waals surface area contributed by atoms with Crippen LogP contribution in [0.25, 0.3) is 0 Å². The Morgan fingerprint density at radius 1 is 1.14 bits per heavy atom. The maximum Gasteiger partial charge on any atom is 0.132 e. The molecule has 0 heterocycles. The molecule has 21 heavy (non-hydrogen) atoms. The molecule has 2 rings (SSSR count). The average Bonchev–Trinajstić information content (AvgIpc) is 2.42. The van der Waals surface area contributed by atoms with Gasteiger partial charge >= 0.3 is 0 Å². The second-order valence-electron chi connectivity index (χ2n) is 4.73. The van der Waals surface area contributed by atoms with Gasteiger partial charge in [0.1, 0.15) is 17.4 Å². The molecule has 112 valence electrons. The Morgan fingerprint density at radius 3 is 2.24 bits per heavy atom. The summed E-state index contributed by atoms with van der Waals surface area (Å²) in [7, 11) is 3.26. The molecule has 5 heteroatoms. The normalized spacial score (nSPS) is 12.3. The van der Waals surface area contributed by atoms with Crippen molar-refractivity contribution >= 4 is 15.9 Å². The Morgan fingerprint density at radius 2 is 1.76 bits per heavy atom. The monoisotopic (exact) mass is 355 g/mol. The fourth-order valence-corrected chi connectivity index (χ4v) is 2.79. The summed E-state index contributed by atoms with van der Waals surface area (Å²) in [6.45, 7) is 1.89. The molecule has 0 saturated heterocycles. The van der Waals surface area contributed by atoms with Gasteiger partial charge in [-0.25, -0.2) is 8.78 Å². The Hall–Kier alpha value is -1.46. The minimum atomic E-state index is -0.588. The standard InChI is InChI=1S/C16H16BrF2NO/c1-9-6-10(4-5-14(9)21-3)16(20-2)15-12(18)7-11(17)8-13(15)19/h4-8,16,20H,1-3H3. The van der Waals surface area contributed by atoms with E-state index in [1.807, 2.05) is 13.0 Å². The number of methoxy groups -OCH3 is 1. The SMILES string of the molecule is CNC(c1ccc(OC)c(C)c1)c1c(F)cc(Br)cc1F. The van der Waals surface area contributed by atoms with Crippen molar-refractivity contribution in [3.05, 3.63) is 63.1 Å². The van der Waals surface area contributed by atoms with Crippen LogP contribution in [-0.4, -0.2) is 14.2 Å². The summed E-state index contributed by atoms with van der Waals surface area (Å²) >= 11 is 3.09. The molecular weight excluding hydrogens is 340 g/mol. The van der Waals surface area contributed by atoms with Crippen LogP contribution < -0.4 is 10.1 Å².